The Morgan fingerprint density at radius 2 is 2.12 bits per heavy atom. The maximum atomic E-state index is 12.5. The number of rotatable bonds is 2. The molecule has 3 aliphatic rings. The molecule has 88 valence electrons. The highest BCUT2D eigenvalue weighted by atomic mass is 32.1. The zero-order chi connectivity index (χ0) is 11.3. The van der Waals surface area contributed by atoms with Crippen LogP contribution in [0.2, 0.25) is 0 Å². The van der Waals surface area contributed by atoms with Crippen molar-refractivity contribution in [3.8, 4) is 0 Å². The third kappa shape index (κ3) is 1.25. The number of carbonyl (C=O) groups excluding carboxylic acids is 1. The van der Waals surface area contributed by atoms with Crippen LogP contribution in [0.4, 0.5) is 0 Å². The van der Waals surface area contributed by atoms with Crippen molar-refractivity contribution in [1.29, 1.82) is 0 Å². The van der Waals surface area contributed by atoms with E-state index in [1.807, 2.05) is 0 Å². The molecule has 2 N–H and O–H groups in total. The van der Waals surface area contributed by atoms with Crippen LogP contribution in [0.25, 0.3) is 0 Å². The molecule has 1 saturated heterocycles. The Bertz CT molecular complexity index is 351. The Balaban J connectivity index is 1.80. The summed E-state index contributed by atoms with van der Waals surface area (Å²) in [6.45, 7) is 0.952. The summed E-state index contributed by atoms with van der Waals surface area (Å²) in [7, 11) is 0. The molecule has 2 saturated carbocycles. The zero-order valence-electron chi connectivity index (χ0n) is 9.45. The summed E-state index contributed by atoms with van der Waals surface area (Å²) in [6, 6.07) is 0.490. The van der Waals surface area contributed by atoms with Gasteiger partial charge in [0.15, 0.2) is 0 Å². The van der Waals surface area contributed by atoms with Gasteiger partial charge in [-0.15, -0.1) is 0 Å². The molecule has 0 aromatic carbocycles. The lowest BCUT2D eigenvalue weighted by molar-refractivity contribution is -0.143. The van der Waals surface area contributed by atoms with Gasteiger partial charge in [-0.2, -0.15) is 0 Å². The molecule has 0 aromatic heterocycles. The molecular formula is C12H18N2OS. The topological polar surface area (TPSA) is 46.3 Å². The Labute approximate surface area is 101 Å². The second kappa shape index (κ2) is 3.42. The fourth-order valence-electron chi connectivity index (χ4n) is 3.54. The fourth-order valence-corrected chi connectivity index (χ4v) is 3.84. The smallest absolute Gasteiger partial charge is 0.235 e. The number of amides is 1. The van der Waals surface area contributed by atoms with Crippen LogP contribution in [0.5, 0.6) is 0 Å². The first-order valence-electron chi connectivity index (χ1n) is 6.24. The van der Waals surface area contributed by atoms with Crippen molar-refractivity contribution in [3.05, 3.63) is 0 Å². The minimum absolute atomic E-state index is 0.235. The predicted octanol–water partition coefficient (Wildman–Crippen LogP) is 1.45. The highest BCUT2D eigenvalue weighted by molar-refractivity contribution is 7.80. The van der Waals surface area contributed by atoms with Crippen molar-refractivity contribution >= 4 is 23.1 Å². The van der Waals surface area contributed by atoms with E-state index in [0.29, 0.717) is 11.0 Å². The molecule has 3 fully saturated rings. The molecule has 0 aromatic rings. The second-order valence-corrected chi connectivity index (χ2v) is 6.03. The molecule has 3 nitrogen and oxygen atoms in total. The quantitative estimate of drug-likeness (QED) is 0.741. The van der Waals surface area contributed by atoms with Gasteiger partial charge in [0.1, 0.15) is 0 Å². The van der Waals surface area contributed by atoms with Crippen LogP contribution in [-0.4, -0.2) is 28.4 Å². The highest BCUT2D eigenvalue weighted by Gasteiger charge is 2.52. The third-order valence-corrected chi connectivity index (χ3v) is 5.15. The van der Waals surface area contributed by atoms with E-state index in [-0.39, 0.29) is 5.91 Å². The maximum Gasteiger partial charge on any atom is 0.235 e. The standard InChI is InChI=1S/C12H18N2OS/c13-10(16)12(4-1-5-12)11(15)14-7-8-2-3-9(14)6-8/h8-9H,1-7H2,(H2,13,16). The van der Waals surface area contributed by atoms with Crippen molar-refractivity contribution < 1.29 is 4.79 Å². The van der Waals surface area contributed by atoms with Gasteiger partial charge in [0.05, 0.1) is 10.4 Å². The molecule has 2 bridgehead atoms. The molecule has 1 heterocycles. The van der Waals surface area contributed by atoms with Crippen molar-refractivity contribution in [2.24, 2.45) is 17.1 Å². The molecule has 2 atom stereocenters. The summed E-state index contributed by atoms with van der Waals surface area (Å²) >= 11 is 5.11. The number of likely N-dealkylation sites (tertiary alicyclic amines) is 1. The van der Waals surface area contributed by atoms with E-state index in [1.165, 1.54) is 19.3 Å². The lowest BCUT2D eigenvalue weighted by atomic mass is 9.67. The van der Waals surface area contributed by atoms with E-state index in [0.717, 1.165) is 31.7 Å². The molecule has 3 rings (SSSR count). The van der Waals surface area contributed by atoms with E-state index < -0.39 is 5.41 Å². The van der Waals surface area contributed by atoms with Gasteiger partial charge in [-0.1, -0.05) is 18.6 Å². The van der Waals surface area contributed by atoms with E-state index in [9.17, 15) is 4.79 Å². The summed E-state index contributed by atoms with van der Waals surface area (Å²) in [5.74, 6) is 0.982. The summed E-state index contributed by atoms with van der Waals surface area (Å²) < 4.78 is 0. The normalized spacial score (nSPS) is 34.9. The van der Waals surface area contributed by atoms with Gasteiger partial charge < -0.3 is 10.6 Å². The van der Waals surface area contributed by atoms with E-state index in [4.69, 9.17) is 18.0 Å². The molecule has 1 amide bonds. The van der Waals surface area contributed by atoms with Gasteiger partial charge >= 0.3 is 0 Å². The van der Waals surface area contributed by atoms with Gasteiger partial charge in [0, 0.05) is 12.6 Å². The predicted molar refractivity (Wildman–Crippen MR) is 65.9 cm³/mol. The van der Waals surface area contributed by atoms with Crippen LogP contribution in [-0.2, 0) is 4.79 Å². The van der Waals surface area contributed by atoms with E-state index >= 15 is 0 Å². The fraction of sp³-hybridized carbons (Fsp3) is 0.833. The Morgan fingerprint density at radius 3 is 2.50 bits per heavy atom. The molecule has 0 radical (unpaired) electrons. The van der Waals surface area contributed by atoms with Crippen molar-refractivity contribution in [2.45, 2.75) is 44.6 Å². The molecule has 2 aliphatic carbocycles. The van der Waals surface area contributed by atoms with Crippen molar-refractivity contribution in [2.75, 3.05) is 6.54 Å². The first-order valence-corrected chi connectivity index (χ1v) is 6.65. The molecule has 16 heavy (non-hydrogen) atoms. The molecule has 0 spiro atoms. The zero-order valence-corrected chi connectivity index (χ0v) is 10.3. The average molecular weight is 238 g/mol. The number of hydrogen-bond donors (Lipinski definition) is 1. The lowest BCUT2D eigenvalue weighted by Gasteiger charge is -2.43. The van der Waals surface area contributed by atoms with Gasteiger partial charge in [0.25, 0.3) is 0 Å². The van der Waals surface area contributed by atoms with Crippen LogP contribution in [0, 0.1) is 11.3 Å². The van der Waals surface area contributed by atoms with Crippen LogP contribution in [0.15, 0.2) is 0 Å². The summed E-state index contributed by atoms with van der Waals surface area (Å²) in [4.78, 5) is 15.0. The first kappa shape index (κ1) is 10.5. The minimum Gasteiger partial charge on any atom is -0.392 e. The maximum absolute atomic E-state index is 12.5. The number of carbonyl (C=O) groups is 1. The van der Waals surface area contributed by atoms with Crippen LogP contribution in [0.3, 0.4) is 0 Å². The third-order valence-electron chi connectivity index (χ3n) is 4.76. The van der Waals surface area contributed by atoms with Crippen LogP contribution >= 0.6 is 12.2 Å². The Hall–Kier alpha value is -0.640. The largest absolute Gasteiger partial charge is 0.392 e. The summed E-state index contributed by atoms with van der Waals surface area (Å²) in [6.07, 6.45) is 6.52. The number of hydrogen-bond acceptors (Lipinski definition) is 2. The van der Waals surface area contributed by atoms with Crippen LogP contribution < -0.4 is 5.73 Å². The molecule has 4 heteroatoms. The van der Waals surface area contributed by atoms with E-state index in [2.05, 4.69) is 4.90 Å². The Kier molecular flexibility index (Phi) is 2.25. The molecular weight excluding hydrogens is 220 g/mol. The van der Waals surface area contributed by atoms with Crippen LogP contribution in [0.1, 0.15) is 38.5 Å². The highest BCUT2D eigenvalue weighted by Crippen LogP contribution is 2.46. The van der Waals surface area contributed by atoms with E-state index in [1.54, 1.807) is 0 Å². The van der Waals surface area contributed by atoms with Crippen molar-refractivity contribution in [3.63, 3.8) is 0 Å². The molecule has 1 aliphatic heterocycles. The average Bonchev–Trinajstić information content (AvgIpc) is 2.75. The Morgan fingerprint density at radius 1 is 1.38 bits per heavy atom. The lowest BCUT2D eigenvalue weighted by Crippen LogP contribution is -2.56. The SMILES string of the molecule is NC(=S)C1(C(=O)N2CC3CCC2C3)CCC1. The van der Waals surface area contributed by atoms with Gasteiger partial charge in [-0.3, -0.25) is 4.79 Å². The monoisotopic (exact) mass is 238 g/mol. The van der Waals surface area contributed by atoms with Gasteiger partial charge in [0.2, 0.25) is 5.91 Å². The number of thiocarbonyl (C=S) groups is 1. The first-order chi connectivity index (χ1) is 7.63. The number of nitrogens with two attached hydrogens (primary N) is 1. The molecule has 2 unspecified atom stereocenters. The minimum atomic E-state index is -0.459. The number of nitrogens with zero attached hydrogens (tertiary/aromatic N) is 1. The van der Waals surface area contributed by atoms with Gasteiger partial charge in [-0.25, -0.2) is 0 Å². The van der Waals surface area contributed by atoms with Crippen molar-refractivity contribution in [1.82, 2.24) is 4.90 Å². The summed E-state index contributed by atoms with van der Waals surface area (Å²) in [5, 5.41) is 0. The number of fused-ring (bicyclic) bond motifs is 2. The second-order valence-electron chi connectivity index (χ2n) is 5.59. The number of piperidine rings is 1. The van der Waals surface area contributed by atoms with Gasteiger partial charge in [-0.05, 0) is 38.0 Å². The summed E-state index contributed by atoms with van der Waals surface area (Å²) in [5.41, 5.74) is 5.32.